The lowest BCUT2D eigenvalue weighted by Crippen LogP contribution is -2.53. The first-order chi connectivity index (χ1) is 31.6. The lowest BCUT2D eigenvalue weighted by atomic mass is 9.72. The van der Waals surface area contributed by atoms with Gasteiger partial charge in [-0.3, -0.25) is 24.6 Å². The Balaban J connectivity index is 0.938. The van der Waals surface area contributed by atoms with Crippen LogP contribution in [0.2, 0.25) is 5.02 Å². The van der Waals surface area contributed by atoms with Gasteiger partial charge in [0.25, 0.3) is 21.6 Å². The molecule has 0 unspecified atom stereocenters. The number of rotatable bonds is 11. The Morgan fingerprint density at radius 2 is 1.76 bits per heavy atom. The van der Waals surface area contributed by atoms with Crippen molar-refractivity contribution in [2.24, 2.45) is 5.41 Å². The van der Waals surface area contributed by atoms with Gasteiger partial charge in [0, 0.05) is 99.4 Å². The van der Waals surface area contributed by atoms with Crippen molar-refractivity contribution < 1.29 is 32.4 Å². The van der Waals surface area contributed by atoms with Crippen molar-refractivity contribution in [2.45, 2.75) is 44.0 Å². The second-order valence-corrected chi connectivity index (χ2v) is 20.3. The topological polar surface area (TPSA) is 196 Å². The Hall–Kier alpha value is -6.21. The number of fused-ring (bicyclic) bond motifs is 2. The van der Waals surface area contributed by atoms with E-state index in [9.17, 15) is 28.1 Å². The zero-order valence-electron chi connectivity index (χ0n) is 37.0. The van der Waals surface area contributed by atoms with Crippen LogP contribution in [-0.4, -0.2) is 128 Å². The van der Waals surface area contributed by atoms with Crippen LogP contribution in [0.25, 0.3) is 16.6 Å². The molecule has 19 heteroatoms. The predicted octanol–water partition coefficient (Wildman–Crippen LogP) is 6.77. The third-order valence-corrected chi connectivity index (χ3v) is 14.5. The van der Waals surface area contributed by atoms with Gasteiger partial charge in [0.1, 0.15) is 29.8 Å². The minimum atomic E-state index is -4.73. The number of H-pyrrole nitrogens is 1. The number of pyridine rings is 1. The van der Waals surface area contributed by atoms with E-state index in [-0.39, 0.29) is 40.7 Å². The average molecular weight is 939 g/mol. The molecule has 346 valence electrons. The van der Waals surface area contributed by atoms with Crippen molar-refractivity contribution in [1.29, 1.82) is 0 Å². The molecule has 3 N–H and O–H groups in total. The summed E-state index contributed by atoms with van der Waals surface area (Å²) in [6.07, 6.45) is 6.40. The van der Waals surface area contributed by atoms with Gasteiger partial charge in [-0.1, -0.05) is 43.2 Å². The van der Waals surface area contributed by atoms with Gasteiger partial charge in [-0.05, 0) is 79.3 Å². The maximum atomic E-state index is 14.1. The van der Waals surface area contributed by atoms with E-state index in [1.165, 1.54) is 29.0 Å². The van der Waals surface area contributed by atoms with E-state index >= 15 is 0 Å². The number of carbonyl (C=O) groups excluding carboxylic acids is 2. The van der Waals surface area contributed by atoms with Gasteiger partial charge in [0.2, 0.25) is 5.91 Å². The number of nitro groups is 1. The van der Waals surface area contributed by atoms with E-state index in [0.29, 0.717) is 50.7 Å². The molecule has 0 bridgehead atoms. The summed E-state index contributed by atoms with van der Waals surface area (Å²) in [6, 6.07) is 17.7. The van der Waals surface area contributed by atoms with Crippen molar-refractivity contribution >= 4 is 67.1 Å². The summed E-state index contributed by atoms with van der Waals surface area (Å²) in [5.74, 6) is -1.03. The van der Waals surface area contributed by atoms with Crippen LogP contribution in [-0.2, 0) is 14.8 Å². The van der Waals surface area contributed by atoms with Crippen LogP contribution in [0.4, 0.5) is 17.1 Å². The molecule has 2 aromatic heterocycles. The van der Waals surface area contributed by atoms with Crippen LogP contribution in [0, 0.1) is 15.5 Å². The van der Waals surface area contributed by atoms with Crippen molar-refractivity contribution in [1.82, 2.24) is 29.4 Å². The second kappa shape index (κ2) is 18.2. The minimum absolute atomic E-state index is 0.0851. The second-order valence-electron chi connectivity index (χ2n) is 18.2. The lowest BCUT2D eigenvalue weighted by Gasteiger charge is -2.39. The number of aromatic nitrogens is 2. The molecule has 0 radical (unpaired) electrons. The quantitative estimate of drug-likeness (QED) is 0.0929. The summed E-state index contributed by atoms with van der Waals surface area (Å²) < 4.78 is 42.1. The molecular weight excluding hydrogens is 886 g/mol. The Kier molecular flexibility index (Phi) is 12.4. The monoisotopic (exact) mass is 937 g/mol. The predicted molar refractivity (Wildman–Crippen MR) is 252 cm³/mol. The number of amides is 2. The number of benzene rings is 3. The van der Waals surface area contributed by atoms with Crippen LogP contribution < -0.4 is 24.4 Å². The summed E-state index contributed by atoms with van der Waals surface area (Å²) >= 11 is 6.25. The van der Waals surface area contributed by atoms with Gasteiger partial charge in [0.05, 0.1) is 21.6 Å². The fourth-order valence-electron chi connectivity index (χ4n) is 9.12. The zero-order chi connectivity index (χ0) is 46.3. The van der Waals surface area contributed by atoms with Crippen LogP contribution in [0.1, 0.15) is 49.0 Å². The fourth-order valence-corrected chi connectivity index (χ4v) is 10.2. The molecule has 0 saturated carbocycles. The highest BCUT2D eigenvalue weighted by Crippen LogP contribution is 2.44. The van der Waals surface area contributed by atoms with E-state index in [0.717, 1.165) is 67.1 Å². The number of sulfonamides is 1. The molecule has 3 aliphatic heterocycles. The maximum absolute atomic E-state index is 14.1. The number of hydrogen-bond donors (Lipinski definition) is 3. The molecule has 17 nitrogen and oxygen atoms in total. The molecule has 2 saturated heterocycles. The normalized spacial score (nSPS) is 19.2. The van der Waals surface area contributed by atoms with E-state index in [2.05, 4.69) is 60.7 Å². The van der Waals surface area contributed by atoms with Crippen LogP contribution in [0.15, 0.2) is 89.6 Å². The van der Waals surface area contributed by atoms with Gasteiger partial charge in [-0.2, -0.15) is 0 Å². The average Bonchev–Trinajstić information content (AvgIpc) is 3.77. The minimum Gasteiger partial charge on any atom is -0.488 e. The van der Waals surface area contributed by atoms with Crippen LogP contribution in [0.5, 0.6) is 17.2 Å². The van der Waals surface area contributed by atoms with Crippen molar-refractivity contribution in [2.75, 3.05) is 82.8 Å². The molecule has 3 aromatic carbocycles. The highest BCUT2D eigenvalue weighted by molar-refractivity contribution is 7.90. The van der Waals surface area contributed by atoms with Gasteiger partial charge >= 0.3 is 0 Å². The van der Waals surface area contributed by atoms with E-state index < -0.39 is 37.5 Å². The summed E-state index contributed by atoms with van der Waals surface area (Å²) in [7, 11) is -2.77. The highest BCUT2D eigenvalue weighted by atomic mass is 35.5. The van der Waals surface area contributed by atoms with Gasteiger partial charge in [0.15, 0.2) is 11.4 Å². The Bertz CT molecular complexity index is 2830. The van der Waals surface area contributed by atoms with Crippen molar-refractivity contribution in [3.63, 3.8) is 0 Å². The smallest absolute Gasteiger partial charge is 0.297 e. The number of nitrogens with zero attached hydrogens (tertiary/aromatic N) is 6. The molecule has 5 heterocycles. The molecule has 4 aliphatic rings. The molecule has 9 rings (SSSR count). The number of anilines is 2. The third kappa shape index (κ3) is 9.68. The number of ether oxygens (including phenoxy) is 2. The summed E-state index contributed by atoms with van der Waals surface area (Å²) in [5.41, 5.74) is 4.86. The number of allylic oxidation sites excluding steroid dienone is 1. The number of nitro benzene ring substituents is 1. The molecule has 1 aliphatic carbocycles. The number of nitrogens with one attached hydrogen (secondary N) is 3. The van der Waals surface area contributed by atoms with E-state index in [1.807, 2.05) is 25.2 Å². The zero-order valence-corrected chi connectivity index (χ0v) is 38.6. The number of hydrogen-bond acceptors (Lipinski definition) is 13. The summed E-state index contributed by atoms with van der Waals surface area (Å²) in [5, 5.41) is 16.8. The van der Waals surface area contributed by atoms with Crippen molar-refractivity contribution in [3.05, 3.63) is 111 Å². The molecular formula is C47H52ClN9O8S. The summed E-state index contributed by atoms with van der Waals surface area (Å²) in [6.45, 7) is 10.7. The molecule has 2 fully saturated rings. The van der Waals surface area contributed by atoms with E-state index in [1.54, 1.807) is 29.3 Å². The Labute approximate surface area is 387 Å². The van der Waals surface area contributed by atoms with Crippen LogP contribution in [0.3, 0.4) is 0 Å². The molecule has 0 spiro atoms. The maximum Gasteiger partial charge on any atom is 0.297 e. The number of aromatic amines is 1. The first-order valence-corrected chi connectivity index (χ1v) is 23.9. The molecule has 1 atom stereocenters. The third-order valence-electron chi connectivity index (χ3n) is 13.0. The number of likely N-dealkylation sites (N-methyl/N-ethyl adjacent to an activating group) is 1. The SMILES string of the molecule is CN1CCN(C(=O)[C@H]2COc3cc(S(=O)(=O)NC(=O)c4ccc(N5CCN(CC6=C(c7ccc(Cl)cc7)CC(C)(C)CC6)CC5)cc4Oc4cnc5[nH]ccc5c4)cc([N+](=O)[O-])c3N2)CC1. The fraction of sp³-hybridized carbons (Fsp3) is 0.383. The van der Waals surface area contributed by atoms with Crippen LogP contribution >= 0.6 is 11.6 Å². The van der Waals surface area contributed by atoms with Gasteiger partial charge < -0.3 is 34.5 Å². The standard InChI is InChI=1S/C47H52ClN9O8S/c1-47(2)12-10-32(38(26-47)30-4-6-33(48)7-5-30)28-54-16-20-55(21-17-54)34-8-9-37(41(23-34)65-35-22-31-11-13-49-44(31)50-27-35)45(58)52-66(62,63)36-24-40(57(60)61)43-42(25-36)64-29-39(51-43)46(59)56-18-14-53(3)15-19-56/h4-9,11,13,22-25,27,39,51H,10,12,14-21,26,28-29H2,1-3H3,(H,49,50)(H,52,58)/t39-/m1/s1. The van der Waals surface area contributed by atoms with Gasteiger partial charge in [-0.15, -0.1) is 0 Å². The molecule has 5 aromatic rings. The number of carbonyl (C=O) groups is 2. The first kappa shape index (κ1) is 45.0. The summed E-state index contributed by atoms with van der Waals surface area (Å²) in [4.78, 5) is 54.3. The Morgan fingerprint density at radius 1 is 1.00 bits per heavy atom. The van der Waals surface area contributed by atoms with E-state index in [4.69, 9.17) is 21.1 Å². The lowest BCUT2D eigenvalue weighted by molar-refractivity contribution is -0.384. The number of piperazine rings is 2. The molecule has 66 heavy (non-hydrogen) atoms. The first-order valence-electron chi connectivity index (χ1n) is 22.0. The van der Waals surface area contributed by atoms with Crippen molar-refractivity contribution in [3.8, 4) is 17.2 Å². The largest absolute Gasteiger partial charge is 0.488 e. The Morgan fingerprint density at radius 3 is 2.50 bits per heavy atom. The molecule has 2 amide bonds. The highest BCUT2D eigenvalue weighted by Gasteiger charge is 2.37. The number of halogens is 1. The van der Waals surface area contributed by atoms with Gasteiger partial charge in [-0.25, -0.2) is 18.1 Å².